The lowest BCUT2D eigenvalue weighted by atomic mass is 10.1. The van der Waals surface area contributed by atoms with E-state index in [2.05, 4.69) is 9.88 Å². The molecule has 1 fully saturated rings. The van der Waals surface area contributed by atoms with Gasteiger partial charge in [-0.2, -0.15) is 4.98 Å². The maximum atomic E-state index is 13.9. The highest BCUT2D eigenvalue weighted by atomic mass is 16.2. The number of aryl methyl sites for hydroxylation is 2. The predicted molar refractivity (Wildman–Crippen MR) is 139 cm³/mol. The smallest absolute Gasteiger partial charge is 0.332 e. The second-order valence-corrected chi connectivity index (χ2v) is 9.28. The van der Waals surface area contributed by atoms with E-state index in [0.717, 1.165) is 35.9 Å². The van der Waals surface area contributed by atoms with Gasteiger partial charge in [0.25, 0.3) is 5.56 Å². The van der Waals surface area contributed by atoms with Crippen molar-refractivity contribution in [2.24, 2.45) is 12.8 Å². The van der Waals surface area contributed by atoms with Crippen LogP contribution in [0.4, 0.5) is 5.95 Å². The molecule has 9 heteroatoms. The Morgan fingerprint density at radius 3 is 2.74 bits per heavy atom. The molecule has 4 aromatic rings. The van der Waals surface area contributed by atoms with Crippen LogP contribution in [0.1, 0.15) is 31.2 Å². The third-order valence-corrected chi connectivity index (χ3v) is 6.73. The van der Waals surface area contributed by atoms with Gasteiger partial charge in [-0.05, 0) is 38.1 Å². The first-order valence-corrected chi connectivity index (χ1v) is 12.1. The van der Waals surface area contributed by atoms with Crippen LogP contribution in [0.15, 0.2) is 52.1 Å². The van der Waals surface area contributed by atoms with Crippen molar-refractivity contribution in [3.8, 4) is 0 Å². The van der Waals surface area contributed by atoms with Gasteiger partial charge in [0.05, 0.1) is 12.2 Å². The number of rotatable bonds is 5. The van der Waals surface area contributed by atoms with Crippen molar-refractivity contribution in [2.45, 2.75) is 45.8 Å². The first-order chi connectivity index (χ1) is 16.9. The van der Waals surface area contributed by atoms with Crippen LogP contribution in [0, 0.1) is 6.92 Å². The third-order valence-electron chi connectivity index (χ3n) is 6.73. The molecule has 0 spiro atoms. The summed E-state index contributed by atoms with van der Waals surface area (Å²) in [6, 6.07) is 9.95. The largest absolute Gasteiger partial charge is 0.341 e. The van der Waals surface area contributed by atoms with E-state index in [-0.39, 0.29) is 18.1 Å². The van der Waals surface area contributed by atoms with E-state index in [1.807, 2.05) is 60.9 Å². The number of aromatic nitrogens is 5. The lowest BCUT2D eigenvalue weighted by molar-refractivity contribution is 0.495. The minimum atomic E-state index is -0.410. The maximum Gasteiger partial charge on any atom is 0.332 e. The summed E-state index contributed by atoms with van der Waals surface area (Å²) in [6.07, 6.45) is 5.86. The number of hydrogen-bond donors (Lipinski definition) is 1. The monoisotopic (exact) mass is 473 g/mol. The van der Waals surface area contributed by atoms with Crippen molar-refractivity contribution in [3.63, 3.8) is 0 Å². The van der Waals surface area contributed by atoms with Crippen molar-refractivity contribution < 1.29 is 0 Å². The van der Waals surface area contributed by atoms with Gasteiger partial charge in [-0.15, -0.1) is 0 Å². The molecule has 182 valence electrons. The number of imidazole rings is 1. The summed E-state index contributed by atoms with van der Waals surface area (Å²) in [5.41, 5.74) is 7.80. The minimum Gasteiger partial charge on any atom is -0.341 e. The number of hydrogen-bond acceptors (Lipinski definition) is 6. The summed E-state index contributed by atoms with van der Waals surface area (Å²) in [4.78, 5) is 38.9. The predicted octanol–water partition coefficient (Wildman–Crippen LogP) is 2.31. The SMILES string of the molecule is CC=CCn1c(N2CCC[C@H](N)C2)nc2c1c(=O)n(Cc1nc(C)cc3ccccc13)c(=O)n2C. The molecule has 1 saturated heterocycles. The second kappa shape index (κ2) is 9.14. The standard InChI is InChI=1S/C26H31N7O2/c1-4-5-13-32-22-23(29-25(32)31-12-8-10-19(27)15-31)30(3)26(35)33(24(22)34)16-21-20-11-7-6-9-18(20)14-17(2)28-21/h4-7,9,11,14,19H,8,10,12-13,15-16,27H2,1-3H3/t19-/m0/s1. The van der Waals surface area contributed by atoms with E-state index in [9.17, 15) is 9.59 Å². The van der Waals surface area contributed by atoms with Crippen LogP contribution in [-0.4, -0.2) is 42.8 Å². The Morgan fingerprint density at radius 2 is 1.97 bits per heavy atom. The number of benzene rings is 1. The highest BCUT2D eigenvalue weighted by molar-refractivity contribution is 5.85. The zero-order valence-electron chi connectivity index (χ0n) is 20.4. The molecule has 1 atom stereocenters. The Bertz CT molecular complexity index is 1560. The first-order valence-electron chi connectivity index (χ1n) is 12.1. The summed E-state index contributed by atoms with van der Waals surface area (Å²) in [5.74, 6) is 0.678. The van der Waals surface area contributed by atoms with E-state index in [4.69, 9.17) is 10.7 Å². The molecular formula is C26H31N7O2. The fraction of sp³-hybridized carbons (Fsp3) is 0.385. The van der Waals surface area contributed by atoms with E-state index >= 15 is 0 Å². The van der Waals surface area contributed by atoms with Crippen molar-refractivity contribution in [1.82, 2.24) is 23.7 Å². The zero-order chi connectivity index (χ0) is 24.7. The van der Waals surface area contributed by atoms with Gasteiger partial charge in [-0.25, -0.2) is 4.79 Å². The molecule has 1 aromatic carbocycles. The average molecular weight is 474 g/mol. The summed E-state index contributed by atoms with van der Waals surface area (Å²) >= 11 is 0. The Labute approximate surface area is 203 Å². The molecule has 0 aliphatic carbocycles. The molecular weight excluding hydrogens is 442 g/mol. The van der Waals surface area contributed by atoms with E-state index in [1.54, 1.807) is 7.05 Å². The summed E-state index contributed by atoms with van der Waals surface area (Å²) in [7, 11) is 1.67. The maximum absolute atomic E-state index is 13.9. The van der Waals surface area contributed by atoms with Gasteiger partial charge in [0.1, 0.15) is 0 Å². The first kappa shape index (κ1) is 23.0. The van der Waals surface area contributed by atoms with Crippen LogP contribution in [0.2, 0.25) is 0 Å². The Hall–Kier alpha value is -3.72. The quantitative estimate of drug-likeness (QED) is 0.446. The van der Waals surface area contributed by atoms with Gasteiger partial charge in [0, 0.05) is 43.8 Å². The number of piperidine rings is 1. The molecule has 0 saturated carbocycles. The van der Waals surface area contributed by atoms with Gasteiger partial charge >= 0.3 is 5.69 Å². The topological polar surface area (TPSA) is 104 Å². The van der Waals surface area contributed by atoms with Crippen LogP contribution in [0.25, 0.3) is 21.9 Å². The molecule has 2 N–H and O–H groups in total. The van der Waals surface area contributed by atoms with Crippen LogP contribution in [-0.2, 0) is 20.1 Å². The van der Waals surface area contributed by atoms with E-state index in [1.165, 1.54) is 9.13 Å². The van der Waals surface area contributed by atoms with Gasteiger partial charge < -0.3 is 15.2 Å². The average Bonchev–Trinajstić information content (AvgIpc) is 3.23. The van der Waals surface area contributed by atoms with Crippen molar-refractivity contribution in [3.05, 3.63) is 74.7 Å². The number of anilines is 1. The summed E-state index contributed by atoms with van der Waals surface area (Å²) < 4.78 is 4.65. The van der Waals surface area contributed by atoms with Gasteiger partial charge in [-0.3, -0.25) is 18.9 Å². The second-order valence-electron chi connectivity index (χ2n) is 9.28. The normalized spacial score (nSPS) is 16.7. The highest BCUT2D eigenvalue weighted by Crippen LogP contribution is 2.24. The zero-order valence-corrected chi connectivity index (χ0v) is 20.4. The Kier molecular flexibility index (Phi) is 6.02. The fourth-order valence-corrected chi connectivity index (χ4v) is 5.00. The van der Waals surface area contributed by atoms with Crippen LogP contribution < -0.4 is 21.9 Å². The van der Waals surface area contributed by atoms with Crippen LogP contribution >= 0.6 is 0 Å². The van der Waals surface area contributed by atoms with Crippen molar-refractivity contribution in [2.75, 3.05) is 18.0 Å². The summed E-state index contributed by atoms with van der Waals surface area (Å²) in [5, 5.41) is 1.96. The number of nitrogens with zero attached hydrogens (tertiary/aromatic N) is 6. The molecule has 3 aromatic heterocycles. The van der Waals surface area contributed by atoms with E-state index < -0.39 is 5.69 Å². The molecule has 0 unspecified atom stereocenters. The number of fused-ring (bicyclic) bond motifs is 2. The highest BCUT2D eigenvalue weighted by Gasteiger charge is 2.26. The van der Waals surface area contributed by atoms with Gasteiger partial charge in [0.15, 0.2) is 11.2 Å². The molecule has 1 aliphatic heterocycles. The number of allylic oxidation sites excluding steroid dienone is 2. The molecule has 0 radical (unpaired) electrons. The van der Waals surface area contributed by atoms with Crippen molar-refractivity contribution in [1.29, 1.82) is 0 Å². The summed E-state index contributed by atoms with van der Waals surface area (Å²) in [6.45, 7) is 5.91. The Morgan fingerprint density at radius 1 is 1.17 bits per heavy atom. The molecule has 9 nitrogen and oxygen atoms in total. The Balaban J connectivity index is 1.72. The lowest BCUT2D eigenvalue weighted by Crippen LogP contribution is -2.44. The van der Waals surface area contributed by atoms with Crippen molar-refractivity contribution >= 4 is 27.9 Å². The number of pyridine rings is 1. The van der Waals surface area contributed by atoms with Crippen LogP contribution in [0.3, 0.4) is 0 Å². The third kappa shape index (κ3) is 4.05. The lowest BCUT2D eigenvalue weighted by Gasteiger charge is -2.31. The number of nitrogens with two attached hydrogens (primary N) is 1. The molecule has 35 heavy (non-hydrogen) atoms. The van der Waals surface area contributed by atoms with Gasteiger partial charge in [0.2, 0.25) is 5.95 Å². The molecule has 1 aliphatic rings. The molecule has 4 heterocycles. The van der Waals surface area contributed by atoms with Gasteiger partial charge in [-0.1, -0.05) is 36.4 Å². The molecule has 5 rings (SSSR count). The molecule has 0 amide bonds. The molecule has 0 bridgehead atoms. The minimum absolute atomic E-state index is 0.0554. The van der Waals surface area contributed by atoms with Crippen LogP contribution in [0.5, 0.6) is 0 Å². The fourth-order valence-electron chi connectivity index (χ4n) is 5.00. The van der Waals surface area contributed by atoms with E-state index in [0.29, 0.717) is 35.9 Å².